The fourth-order valence-electron chi connectivity index (χ4n) is 3.81. The number of furan rings is 1. The van der Waals surface area contributed by atoms with E-state index >= 15 is 0 Å². The molecule has 118 valence electrons. The van der Waals surface area contributed by atoms with Crippen molar-refractivity contribution in [3.63, 3.8) is 0 Å². The number of hydrogen-bond acceptors (Lipinski definition) is 3. The van der Waals surface area contributed by atoms with Gasteiger partial charge in [0.15, 0.2) is 0 Å². The molecule has 0 saturated heterocycles. The van der Waals surface area contributed by atoms with E-state index in [1.165, 1.54) is 21.4 Å². The molecule has 5 rings (SSSR count). The SMILES string of the molecule is CCCC(=O)OC1=C2Cc3oc4cccc5ccc(c3c54)=C2C=C1. The van der Waals surface area contributed by atoms with Crippen molar-refractivity contribution in [2.45, 2.75) is 26.2 Å². The molecule has 0 saturated carbocycles. The van der Waals surface area contributed by atoms with Crippen LogP contribution >= 0.6 is 0 Å². The minimum Gasteiger partial charge on any atom is -0.460 e. The Bertz CT molecular complexity index is 1120. The van der Waals surface area contributed by atoms with E-state index in [1.54, 1.807) is 0 Å². The highest BCUT2D eigenvalue weighted by atomic mass is 16.5. The van der Waals surface area contributed by atoms with Gasteiger partial charge in [0.1, 0.15) is 17.1 Å². The summed E-state index contributed by atoms with van der Waals surface area (Å²) in [6.45, 7) is 1.97. The summed E-state index contributed by atoms with van der Waals surface area (Å²) in [5.74, 6) is 1.46. The van der Waals surface area contributed by atoms with Gasteiger partial charge in [0.2, 0.25) is 0 Å². The largest absolute Gasteiger partial charge is 0.460 e. The third-order valence-electron chi connectivity index (χ3n) is 4.85. The van der Waals surface area contributed by atoms with Crippen LogP contribution in [0.2, 0.25) is 0 Å². The van der Waals surface area contributed by atoms with Gasteiger partial charge >= 0.3 is 5.97 Å². The second-order valence-electron chi connectivity index (χ2n) is 6.36. The lowest BCUT2D eigenvalue weighted by Gasteiger charge is -2.13. The van der Waals surface area contributed by atoms with E-state index in [-0.39, 0.29) is 5.97 Å². The molecule has 0 fully saturated rings. The minimum atomic E-state index is -0.173. The molecule has 2 aliphatic rings. The maximum absolute atomic E-state index is 11.9. The van der Waals surface area contributed by atoms with Crippen LogP contribution < -0.4 is 5.22 Å². The van der Waals surface area contributed by atoms with Crippen LogP contribution in [0.5, 0.6) is 0 Å². The van der Waals surface area contributed by atoms with Crippen LogP contribution in [0, 0.1) is 0 Å². The van der Waals surface area contributed by atoms with Gasteiger partial charge in [-0.1, -0.05) is 37.3 Å². The number of ether oxygens (including phenoxy) is 1. The first-order valence-electron chi connectivity index (χ1n) is 8.35. The Morgan fingerprint density at radius 3 is 2.96 bits per heavy atom. The second-order valence-corrected chi connectivity index (χ2v) is 6.36. The molecule has 0 N–H and O–H groups in total. The second kappa shape index (κ2) is 4.84. The Hall–Kier alpha value is -2.81. The smallest absolute Gasteiger partial charge is 0.311 e. The maximum Gasteiger partial charge on any atom is 0.311 e. The van der Waals surface area contributed by atoms with Crippen LogP contribution in [0.15, 0.2) is 58.2 Å². The first kappa shape index (κ1) is 13.6. The molecule has 0 aliphatic heterocycles. The molecular weight excluding hydrogens is 300 g/mol. The molecule has 1 heterocycles. The lowest BCUT2D eigenvalue weighted by molar-refractivity contribution is -0.139. The van der Waals surface area contributed by atoms with Crippen molar-refractivity contribution in [1.82, 2.24) is 0 Å². The quantitative estimate of drug-likeness (QED) is 0.681. The summed E-state index contributed by atoms with van der Waals surface area (Å²) in [5, 5.41) is 4.77. The molecule has 1 aromatic heterocycles. The predicted molar refractivity (Wildman–Crippen MR) is 93.2 cm³/mol. The lowest BCUT2D eigenvalue weighted by Crippen LogP contribution is -2.15. The zero-order valence-electron chi connectivity index (χ0n) is 13.4. The Morgan fingerprint density at radius 1 is 1.17 bits per heavy atom. The Labute approximate surface area is 138 Å². The summed E-state index contributed by atoms with van der Waals surface area (Å²) in [5.41, 5.74) is 3.12. The van der Waals surface area contributed by atoms with Gasteiger partial charge in [0, 0.05) is 29.2 Å². The van der Waals surface area contributed by atoms with Crippen molar-refractivity contribution in [1.29, 1.82) is 0 Å². The molecular formula is C21H16O3. The molecule has 24 heavy (non-hydrogen) atoms. The van der Waals surface area contributed by atoms with E-state index in [9.17, 15) is 4.79 Å². The molecule has 3 aromatic rings. The van der Waals surface area contributed by atoms with Crippen LogP contribution in [-0.4, -0.2) is 5.97 Å². The number of benzene rings is 2. The van der Waals surface area contributed by atoms with Crippen molar-refractivity contribution in [3.05, 3.63) is 64.8 Å². The normalized spacial score (nSPS) is 15.6. The summed E-state index contributed by atoms with van der Waals surface area (Å²) >= 11 is 0. The van der Waals surface area contributed by atoms with Gasteiger partial charge in [-0.05, 0) is 34.7 Å². The summed E-state index contributed by atoms with van der Waals surface area (Å²) in [4.78, 5) is 11.9. The van der Waals surface area contributed by atoms with Crippen molar-refractivity contribution < 1.29 is 13.9 Å². The van der Waals surface area contributed by atoms with Crippen molar-refractivity contribution in [2.24, 2.45) is 0 Å². The van der Waals surface area contributed by atoms with Gasteiger partial charge < -0.3 is 9.15 Å². The molecule has 3 heteroatoms. The number of fused-ring (bicyclic) bond motifs is 1. The van der Waals surface area contributed by atoms with Gasteiger partial charge in [0.25, 0.3) is 0 Å². The van der Waals surface area contributed by atoms with Crippen LogP contribution in [0.25, 0.3) is 27.3 Å². The third kappa shape index (κ3) is 1.75. The van der Waals surface area contributed by atoms with Crippen molar-refractivity contribution in [2.75, 3.05) is 0 Å². The summed E-state index contributed by atoms with van der Waals surface area (Å²) < 4.78 is 11.7. The number of allylic oxidation sites excluding steroid dienone is 3. The minimum absolute atomic E-state index is 0.173. The van der Waals surface area contributed by atoms with Gasteiger partial charge in [-0.2, -0.15) is 0 Å². The third-order valence-corrected chi connectivity index (χ3v) is 4.85. The first-order valence-corrected chi connectivity index (χ1v) is 8.35. The average molecular weight is 316 g/mol. The van der Waals surface area contributed by atoms with E-state index in [2.05, 4.69) is 24.3 Å². The van der Waals surface area contributed by atoms with Crippen LogP contribution in [0.3, 0.4) is 0 Å². The van der Waals surface area contributed by atoms with E-state index in [4.69, 9.17) is 9.15 Å². The van der Waals surface area contributed by atoms with E-state index in [0.717, 1.165) is 28.9 Å². The molecule has 3 nitrogen and oxygen atoms in total. The van der Waals surface area contributed by atoms with Gasteiger partial charge in [0.05, 0.1) is 0 Å². The first-order chi connectivity index (χ1) is 11.8. The fourth-order valence-corrected chi connectivity index (χ4v) is 3.81. The van der Waals surface area contributed by atoms with E-state index in [0.29, 0.717) is 18.6 Å². The zero-order valence-corrected chi connectivity index (χ0v) is 13.4. The number of rotatable bonds is 3. The number of carbonyl (C=O) groups is 1. The number of esters is 1. The monoisotopic (exact) mass is 316 g/mol. The highest BCUT2D eigenvalue weighted by molar-refractivity contribution is 6.11. The molecule has 0 amide bonds. The van der Waals surface area contributed by atoms with Crippen molar-refractivity contribution >= 4 is 33.3 Å². The van der Waals surface area contributed by atoms with Gasteiger partial charge in [-0.15, -0.1) is 0 Å². The molecule has 0 radical (unpaired) electrons. The highest BCUT2D eigenvalue weighted by Crippen LogP contribution is 2.38. The Balaban J connectivity index is 1.76. The van der Waals surface area contributed by atoms with Crippen LogP contribution in [-0.2, 0) is 16.0 Å². The average Bonchev–Trinajstić information content (AvgIpc) is 3.15. The fraction of sp³-hybridized carbons (Fsp3) is 0.190. The molecule has 0 unspecified atom stereocenters. The molecule has 0 spiro atoms. The zero-order chi connectivity index (χ0) is 16.3. The van der Waals surface area contributed by atoms with E-state index < -0.39 is 0 Å². The number of carbonyl (C=O) groups excluding carboxylic acids is 1. The summed E-state index contributed by atoms with van der Waals surface area (Å²) in [6.07, 6.45) is 5.85. The van der Waals surface area contributed by atoms with Crippen LogP contribution in [0.1, 0.15) is 25.5 Å². The van der Waals surface area contributed by atoms with Crippen molar-refractivity contribution in [3.8, 4) is 0 Å². The van der Waals surface area contributed by atoms with Gasteiger partial charge in [-0.3, -0.25) is 4.79 Å². The molecule has 2 aliphatic carbocycles. The Kier molecular flexibility index (Phi) is 2.75. The summed E-state index contributed by atoms with van der Waals surface area (Å²) in [7, 11) is 0. The van der Waals surface area contributed by atoms with E-state index in [1.807, 2.05) is 25.1 Å². The van der Waals surface area contributed by atoms with Crippen LogP contribution in [0.4, 0.5) is 0 Å². The highest BCUT2D eigenvalue weighted by Gasteiger charge is 2.27. The number of hydrogen-bond donors (Lipinski definition) is 0. The standard InChI is InChI=1S/C21H16O3/c1-2-4-19(22)24-16-10-9-13-14-8-7-12-5-3-6-17-20(12)21(14)18(23-17)11-15(13)16/h3,5-10H,2,4,11H2,1H3. The maximum atomic E-state index is 11.9. The molecule has 0 bridgehead atoms. The molecule has 2 aromatic carbocycles. The summed E-state index contributed by atoms with van der Waals surface area (Å²) in [6, 6.07) is 10.4. The lowest BCUT2D eigenvalue weighted by atomic mass is 9.91. The predicted octanol–water partition coefficient (Wildman–Crippen LogP) is 4.18. The molecule has 0 atom stereocenters. The Morgan fingerprint density at radius 2 is 2.08 bits per heavy atom. The topological polar surface area (TPSA) is 39.4 Å². The van der Waals surface area contributed by atoms with Gasteiger partial charge in [-0.25, -0.2) is 0 Å².